The molecule has 1 unspecified atom stereocenters. The molecule has 16 heavy (non-hydrogen) atoms. The highest BCUT2D eigenvalue weighted by Crippen LogP contribution is 2.38. The Hall–Kier alpha value is -1.03. The van der Waals surface area contributed by atoms with Crippen LogP contribution in [0.25, 0.3) is 0 Å². The van der Waals surface area contributed by atoms with Gasteiger partial charge in [0.1, 0.15) is 6.29 Å². The molecule has 1 aromatic rings. The summed E-state index contributed by atoms with van der Waals surface area (Å²) < 4.78 is 11.3. The standard InChI is InChI=1S/C12H15BrO3/c1-8(4-5-14)9-6-10(13)12(16-3)11(7-9)15-2/h5-8H,4H2,1-3H3. The molecule has 0 saturated carbocycles. The van der Waals surface area contributed by atoms with E-state index in [4.69, 9.17) is 9.47 Å². The smallest absolute Gasteiger partial charge is 0.174 e. The topological polar surface area (TPSA) is 35.5 Å². The number of methoxy groups -OCH3 is 2. The Bertz CT molecular complexity index is 377. The zero-order valence-electron chi connectivity index (χ0n) is 9.62. The van der Waals surface area contributed by atoms with Crippen LogP contribution in [0.1, 0.15) is 24.8 Å². The average Bonchev–Trinajstić information content (AvgIpc) is 2.28. The zero-order chi connectivity index (χ0) is 12.1. The van der Waals surface area contributed by atoms with E-state index in [1.165, 1.54) is 0 Å². The van der Waals surface area contributed by atoms with Crippen LogP contribution in [0.15, 0.2) is 16.6 Å². The number of hydrogen-bond acceptors (Lipinski definition) is 3. The number of carbonyl (C=O) groups excluding carboxylic acids is 1. The van der Waals surface area contributed by atoms with Crippen molar-refractivity contribution in [3.63, 3.8) is 0 Å². The van der Waals surface area contributed by atoms with Crippen molar-refractivity contribution >= 4 is 22.2 Å². The van der Waals surface area contributed by atoms with Crippen molar-refractivity contribution in [3.8, 4) is 11.5 Å². The molecule has 3 nitrogen and oxygen atoms in total. The SMILES string of the molecule is COc1cc(C(C)CC=O)cc(Br)c1OC. The number of carbonyl (C=O) groups is 1. The number of hydrogen-bond donors (Lipinski definition) is 0. The lowest BCUT2D eigenvalue weighted by atomic mass is 9.98. The second-order valence-corrected chi connectivity index (χ2v) is 4.40. The zero-order valence-corrected chi connectivity index (χ0v) is 11.2. The molecule has 0 spiro atoms. The van der Waals surface area contributed by atoms with Crippen LogP contribution in [0.5, 0.6) is 11.5 Å². The van der Waals surface area contributed by atoms with Crippen molar-refractivity contribution in [2.75, 3.05) is 14.2 Å². The molecular formula is C12H15BrO3. The summed E-state index contributed by atoms with van der Waals surface area (Å²) in [5, 5.41) is 0. The Morgan fingerprint density at radius 3 is 2.56 bits per heavy atom. The Morgan fingerprint density at radius 2 is 2.06 bits per heavy atom. The van der Waals surface area contributed by atoms with Crippen molar-refractivity contribution < 1.29 is 14.3 Å². The van der Waals surface area contributed by atoms with Gasteiger partial charge in [-0.3, -0.25) is 0 Å². The minimum Gasteiger partial charge on any atom is -0.493 e. The van der Waals surface area contributed by atoms with Gasteiger partial charge in [0, 0.05) is 6.42 Å². The molecular weight excluding hydrogens is 272 g/mol. The summed E-state index contributed by atoms with van der Waals surface area (Å²) >= 11 is 3.43. The first-order chi connectivity index (χ1) is 7.63. The lowest BCUT2D eigenvalue weighted by Crippen LogP contribution is -1.98. The van der Waals surface area contributed by atoms with Crippen LogP contribution in [0.3, 0.4) is 0 Å². The van der Waals surface area contributed by atoms with Crippen molar-refractivity contribution in [1.82, 2.24) is 0 Å². The summed E-state index contributed by atoms with van der Waals surface area (Å²) in [6, 6.07) is 3.85. The summed E-state index contributed by atoms with van der Waals surface area (Å²) in [5.41, 5.74) is 1.05. The van der Waals surface area contributed by atoms with Crippen molar-refractivity contribution in [1.29, 1.82) is 0 Å². The Labute approximate surface area is 104 Å². The van der Waals surface area contributed by atoms with Gasteiger partial charge in [0.05, 0.1) is 18.7 Å². The molecule has 4 heteroatoms. The highest BCUT2D eigenvalue weighted by Gasteiger charge is 2.13. The summed E-state index contributed by atoms with van der Waals surface area (Å²) in [4.78, 5) is 10.5. The fourth-order valence-electron chi connectivity index (χ4n) is 1.50. The number of ether oxygens (including phenoxy) is 2. The molecule has 0 saturated heterocycles. The van der Waals surface area contributed by atoms with E-state index in [2.05, 4.69) is 15.9 Å². The summed E-state index contributed by atoms with van der Waals surface area (Å²) in [6.07, 6.45) is 1.43. The average molecular weight is 287 g/mol. The van der Waals surface area contributed by atoms with Gasteiger partial charge in [-0.25, -0.2) is 0 Å². The predicted molar refractivity (Wildman–Crippen MR) is 66.3 cm³/mol. The van der Waals surface area contributed by atoms with Crippen molar-refractivity contribution in [3.05, 3.63) is 22.2 Å². The Kier molecular flexibility index (Phi) is 4.80. The summed E-state index contributed by atoms with van der Waals surface area (Å²) in [5.74, 6) is 1.52. The first-order valence-corrected chi connectivity index (χ1v) is 5.78. The second-order valence-electron chi connectivity index (χ2n) is 3.54. The highest BCUT2D eigenvalue weighted by molar-refractivity contribution is 9.10. The van der Waals surface area contributed by atoms with Gasteiger partial charge in [0.25, 0.3) is 0 Å². The van der Waals surface area contributed by atoms with Gasteiger partial charge in [-0.1, -0.05) is 6.92 Å². The van der Waals surface area contributed by atoms with Gasteiger partial charge >= 0.3 is 0 Å². The normalized spacial score (nSPS) is 12.0. The van der Waals surface area contributed by atoms with Crippen LogP contribution >= 0.6 is 15.9 Å². The minimum absolute atomic E-state index is 0.175. The van der Waals surface area contributed by atoms with E-state index in [1.54, 1.807) is 14.2 Å². The Balaban J connectivity index is 3.14. The molecule has 0 aliphatic rings. The van der Waals surface area contributed by atoms with Gasteiger partial charge in [-0.2, -0.15) is 0 Å². The van der Waals surface area contributed by atoms with E-state index >= 15 is 0 Å². The molecule has 0 amide bonds. The number of rotatable bonds is 5. The first-order valence-electron chi connectivity index (χ1n) is 4.99. The molecule has 0 aliphatic carbocycles. The minimum atomic E-state index is 0.175. The van der Waals surface area contributed by atoms with Crippen LogP contribution in [0.2, 0.25) is 0 Å². The van der Waals surface area contributed by atoms with Crippen LogP contribution in [0, 0.1) is 0 Å². The predicted octanol–water partition coefficient (Wildman–Crippen LogP) is 3.16. The van der Waals surface area contributed by atoms with Gasteiger partial charge in [-0.15, -0.1) is 0 Å². The lowest BCUT2D eigenvalue weighted by molar-refractivity contribution is -0.108. The molecule has 0 aliphatic heterocycles. The number of aldehydes is 1. The highest BCUT2D eigenvalue weighted by atomic mass is 79.9. The van der Waals surface area contributed by atoms with Crippen molar-refractivity contribution in [2.24, 2.45) is 0 Å². The molecule has 0 bridgehead atoms. The van der Waals surface area contributed by atoms with E-state index in [1.807, 2.05) is 19.1 Å². The third-order valence-electron chi connectivity index (χ3n) is 2.47. The molecule has 0 N–H and O–H groups in total. The lowest BCUT2D eigenvalue weighted by Gasteiger charge is -2.14. The molecule has 0 heterocycles. The first kappa shape index (κ1) is 13.0. The molecule has 88 valence electrons. The third-order valence-corrected chi connectivity index (χ3v) is 3.06. The van der Waals surface area contributed by atoms with Gasteiger partial charge in [0.2, 0.25) is 0 Å². The van der Waals surface area contributed by atoms with E-state index in [0.717, 1.165) is 16.3 Å². The maximum Gasteiger partial charge on any atom is 0.174 e. The maximum atomic E-state index is 10.5. The van der Waals surface area contributed by atoms with Crippen LogP contribution in [0.4, 0.5) is 0 Å². The fraction of sp³-hybridized carbons (Fsp3) is 0.417. The number of halogens is 1. The van der Waals surface area contributed by atoms with Crippen molar-refractivity contribution in [2.45, 2.75) is 19.3 Å². The van der Waals surface area contributed by atoms with Crippen LogP contribution in [-0.4, -0.2) is 20.5 Å². The van der Waals surface area contributed by atoms with Gasteiger partial charge < -0.3 is 14.3 Å². The second kappa shape index (κ2) is 5.89. The maximum absolute atomic E-state index is 10.5. The van der Waals surface area contributed by atoms with E-state index < -0.39 is 0 Å². The molecule has 1 rings (SSSR count). The summed E-state index contributed by atoms with van der Waals surface area (Å²) in [7, 11) is 3.19. The van der Waals surface area contributed by atoms with E-state index in [-0.39, 0.29) is 5.92 Å². The van der Waals surface area contributed by atoms with E-state index in [0.29, 0.717) is 17.9 Å². The monoisotopic (exact) mass is 286 g/mol. The van der Waals surface area contributed by atoms with Crippen LogP contribution < -0.4 is 9.47 Å². The Morgan fingerprint density at radius 1 is 1.38 bits per heavy atom. The molecule has 0 aromatic heterocycles. The van der Waals surface area contributed by atoms with Crippen LogP contribution in [-0.2, 0) is 4.79 Å². The molecule has 0 radical (unpaired) electrons. The van der Waals surface area contributed by atoms with Gasteiger partial charge in [0.15, 0.2) is 11.5 Å². The molecule has 0 fully saturated rings. The van der Waals surface area contributed by atoms with Gasteiger partial charge in [-0.05, 0) is 39.5 Å². The quantitative estimate of drug-likeness (QED) is 0.780. The molecule has 1 aromatic carbocycles. The largest absolute Gasteiger partial charge is 0.493 e. The fourth-order valence-corrected chi connectivity index (χ4v) is 2.12. The number of benzene rings is 1. The third kappa shape index (κ3) is 2.76. The molecule has 1 atom stereocenters. The van der Waals surface area contributed by atoms with E-state index in [9.17, 15) is 4.79 Å². The summed E-state index contributed by atoms with van der Waals surface area (Å²) in [6.45, 7) is 2.00.